The highest BCUT2D eigenvalue weighted by Gasteiger charge is 2.43. The Balaban J connectivity index is 0.00000144. The molecule has 0 aromatic carbocycles. The zero-order valence-corrected chi connectivity index (χ0v) is 10.5. The first-order chi connectivity index (χ1) is 7.74. The lowest BCUT2D eigenvalue weighted by Crippen LogP contribution is -2.50. The molecule has 1 atom stereocenters. The van der Waals surface area contributed by atoms with Crippen LogP contribution < -0.4 is 5.32 Å². The Labute approximate surface area is 106 Å². The molecule has 0 radical (unpaired) electrons. The van der Waals surface area contributed by atoms with Gasteiger partial charge < -0.3 is 14.8 Å². The predicted molar refractivity (Wildman–Crippen MR) is 62.1 cm³/mol. The van der Waals surface area contributed by atoms with Crippen LogP contribution in [0.25, 0.3) is 0 Å². The fraction of sp³-hybridized carbons (Fsp3) is 0.800. The van der Waals surface area contributed by atoms with Crippen molar-refractivity contribution in [2.75, 3.05) is 26.8 Å². The van der Waals surface area contributed by atoms with Crippen LogP contribution in [-0.2, 0) is 14.3 Å². The van der Waals surface area contributed by atoms with Crippen LogP contribution in [0.2, 0.25) is 0 Å². The van der Waals surface area contributed by atoms with Crippen LogP contribution in [-0.4, -0.2) is 55.9 Å². The van der Waals surface area contributed by atoms with Gasteiger partial charge in [-0.3, -0.25) is 4.90 Å². The Hall–Kier alpha value is -1.01. The largest absolute Gasteiger partial charge is 0.467 e. The summed E-state index contributed by atoms with van der Waals surface area (Å²) in [4.78, 5) is 24.6. The van der Waals surface area contributed by atoms with Crippen molar-refractivity contribution >= 4 is 24.5 Å². The van der Waals surface area contributed by atoms with Gasteiger partial charge in [0.1, 0.15) is 6.61 Å². The van der Waals surface area contributed by atoms with Crippen LogP contribution in [0, 0.1) is 0 Å². The van der Waals surface area contributed by atoms with Crippen molar-refractivity contribution in [3.63, 3.8) is 0 Å². The molecule has 0 saturated carbocycles. The third kappa shape index (κ3) is 2.81. The summed E-state index contributed by atoms with van der Waals surface area (Å²) in [7, 11) is 1.33. The number of nitrogens with zero attached hydrogens (tertiary/aromatic N) is 1. The van der Waals surface area contributed by atoms with E-state index in [1.54, 1.807) is 0 Å². The molecule has 0 bridgehead atoms. The number of hydrogen-bond acceptors (Lipinski definition) is 5. The summed E-state index contributed by atoms with van der Waals surface area (Å²) in [6.07, 6.45) is 1.30. The lowest BCUT2D eigenvalue weighted by Gasteiger charge is -2.32. The van der Waals surface area contributed by atoms with Crippen molar-refractivity contribution in [2.45, 2.75) is 24.9 Å². The molecular formula is C10H17ClN2O4. The van der Waals surface area contributed by atoms with Gasteiger partial charge >= 0.3 is 12.1 Å². The van der Waals surface area contributed by atoms with E-state index in [4.69, 9.17) is 4.74 Å². The van der Waals surface area contributed by atoms with Crippen LogP contribution in [0.1, 0.15) is 12.8 Å². The summed E-state index contributed by atoms with van der Waals surface area (Å²) >= 11 is 0. The van der Waals surface area contributed by atoms with Gasteiger partial charge in [-0.2, -0.15) is 0 Å². The van der Waals surface area contributed by atoms with E-state index in [1.807, 2.05) is 0 Å². The first-order valence-corrected chi connectivity index (χ1v) is 5.47. The van der Waals surface area contributed by atoms with Crippen molar-refractivity contribution in [1.29, 1.82) is 0 Å². The van der Waals surface area contributed by atoms with Crippen molar-refractivity contribution in [3.8, 4) is 0 Å². The van der Waals surface area contributed by atoms with Crippen LogP contribution in [0.4, 0.5) is 4.79 Å². The van der Waals surface area contributed by atoms with Gasteiger partial charge in [-0.15, -0.1) is 12.4 Å². The highest BCUT2D eigenvalue weighted by molar-refractivity contribution is 5.85. The van der Waals surface area contributed by atoms with Gasteiger partial charge in [-0.05, 0) is 25.9 Å². The fourth-order valence-corrected chi connectivity index (χ4v) is 2.24. The van der Waals surface area contributed by atoms with Crippen molar-refractivity contribution in [2.24, 2.45) is 0 Å². The molecule has 2 heterocycles. The number of carbonyl (C=O) groups is 2. The van der Waals surface area contributed by atoms with E-state index in [0.29, 0.717) is 0 Å². The summed E-state index contributed by atoms with van der Waals surface area (Å²) in [5.74, 6) is -0.399. The summed E-state index contributed by atoms with van der Waals surface area (Å²) in [6, 6.07) is -0.485. The van der Waals surface area contributed by atoms with Crippen LogP contribution in [0.3, 0.4) is 0 Å². The molecule has 2 saturated heterocycles. The summed E-state index contributed by atoms with van der Waals surface area (Å²) in [5.41, 5.74) is 0. The van der Waals surface area contributed by atoms with Gasteiger partial charge in [0, 0.05) is 6.04 Å². The molecule has 1 amide bonds. The van der Waals surface area contributed by atoms with Crippen LogP contribution >= 0.6 is 12.4 Å². The molecule has 2 aliphatic heterocycles. The van der Waals surface area contributed by atoms with E-state index in [-0.39, 0.29) is 25.1 Å². The van der Waals surface area contributed by atoms with Gasteiger partial charge in [0.25, 0.3) is 0 Å². The zero-order chi connectivity index (χ0) is 11.5. The maximum atomic E-state index is 11.6. The van der Waals surface area contributed by atoms with Gasteiger partial charge in [0.05, 0.1) is 7.11 Å². The number of nitrogens with one attached hydrogen (secondary N) is 1. The van der Waals surface area contributed by atoms with Crippen molar-refractivity contribution < 1.29 is 19.1 Å². The highest BCUT2D eigenvalue weighted by Crippen LogP contribution is 2.22. The number of ether oxygens (including phenoxy) is 2. The molecule has 2 fully saturated rings. The number of cyclic esters (lactones) is 1. The quantitative estimate of drug-likeness (QED) is 0.720. The molecule has 0 unspecified atom stereocenters. The first kappa shape index (κ1) is 14.1. The molecule has 17 heavy (non-hydrogen) atoms. The summed E-state index contributed by atoms with van der Waals surface area (Å²) in [6.45, 7) is 1.83. The number of methoxy groups -OCH3 is 1. The molecular weight excluding hydrogens is 248 g/mol. The molecule has 7 heteroatoms. The number of halogens is 1. The second-order valence-corrected chi connectivity index (χ2v) is 4.00. The third-order valence-electron chi connectivity index (χ3n) is 3.09. The first-order valence-electron chi connectivity index (χ1n) is 5.47. The Bertz CT molecular complexity index is 294. The molecule has 0 aromatic heterocycles. The summed E-state index contributed by atoms with van der Waals surface area (Å²) in [5, 5.41) is 3.22. The molecule has 2 rings (SSSR count). The molecule has 98 valence electrons. The Morgan fingerprint density at radius 2 is 2.12 bits per heavy atom. The number of amides is 1. The topological polar surface area (TPSA) is 67.9 Å². The summed E-state index contributed by atoms with van der Waals surface area (Å²) < 4.78 is 9.60. The Morgan fingerprint density at radius 3 is 2.71 bits per heavy atom. The second kappa shape index (κ2) is 6.07. The number of rotatable bonds is 2. The lowest BCUT2D eigenvalue weighted by molar-refractivity contribution is -0.145. The Kier molecular flexibility index (Phi) is 5.02. The van der Waals surface area contributed by atoms with E-state index in [2.05, 4.69) is 10.1 Å². The smallest absolute Gasteiger partial charge is 0.410 e. The van der Waals surface area contributed by atoms with E-state index in [9.17, 15) is 9.59 Å². The number of esters is 1. The van der Waals surface area contributed by atoms with Crippen LogP contribution in [0.15, 0.2) is 0 Å². The minimum atomic E-state index is -0.569. The van der Waals surface area contributed by atoms with E-state index in [1.165, 1.54) is 12.0 Å². The number of piperidine rings is 1. The standard InChI is InChI=1S/C10H16N2O4.ClH/c1-15-9(13)8-6-16-10(14)12(8)7-2-4-11-5-3-7;/h7-8,11H,2-6H2,1H3;1H/t8-;/m0./s1. The maximum Gasteiger partial charge on any atom is 0.410 e. The fourth-order valence-electron chi connectivity index (χ4n) is 2.24. The number of carbonyl (C=O) groups excluding carboxylic acids is 2. The molecule has 6 nitrogen and oxygen atoms in total. The maximum absolute atomic E-state index is 11.6. The minimum Gasteiger partial charge on any atom is -0.467 e. The van der Waals surface area contributed by atoms with Crippen LogP contribution in [0.5, 0.6) is 0 Å². The lowest BCUT2D eigenvalue weighted by atomic mass is 10.0. The number of hydrogen-bond donors (Lipinski definition) is 1. The average Bonchev–Trinajstić information content (AvgIpc) is 2.71. The predicted octanol–water partition coefficient (Wildman–Crippen LogP) is 0.154. The van der Waals surface area contributed by atoms with Gasteiger partial charge in [-0.25, -0.2) is 9.59 Å². The SMILES string of the molecule is COC(=O)[C@@H]1COC(=O)N1C1CCNCC1.Cl. The van der Waals surface area contributed by atoms with Crippen molar-refractivity contribution in [3.05, 3.63) is 0 Å². The van der Waals surface area contributed by atoms with Crippen molar-refractivity contribution in [1.82, 2.24) is 10.2 Å². The van der Waals surface area contributed by atoms with E-state index in [0.717, 1.165) is 25.9 Å². The minimum absolute atomic E-state index is 0. The molecule has 0 aliphatic carbocycles. The third-order valence-corrected chi connectivity index (χ3v) is 3.09. The second-order valence-electron chi connectivity index (χ2n) is 4.00. The normalized spacial score (nSPS) is 25.1. The Morgan fingerprint density at radius 1 is 1.47 bits per heavy atom. The molecule has 0 spiro atoms. The molecule has 0 aromatic rings. The van der Waals surface area contributed by atoms with E-state index >= 15 is 0 Å². The molecule has 1 N–H and O–H groups in total. The van der Waals surface area contributed by atoms with Gasteiger partial charge in [0.2, 0.25) is 0 Å². The average molecular weight is 265 g/mol. The van der Waals surface area contributed by atoms with E-state index < -0.39 is 18.1 Å². The highest BCUT2D eigenvalue weighted by atomic mass is 35.5. The van der Waals surface area contributed by atoms with Gasteiger partial charge in [-0.1, -0.05) is 0 Å². The monoisotopic (exact) mass is 264 g/mol. The zero-order valence-electron chi connectivity index (χ0n) is 9.68. The molecule has 2 aliphatic rings. The van der Waals surface area contributed by atoms with Gasteiger partial charge in [0.15, 0.2) is 6.04 Å².